The highest BCUT2D eigenvalue weighted by Gasteiger charge is 2.44. The Balaban J connectivity index is 1.42. The minimum atomic E-state index is -4.39. The van der Waals surface area contributed by atoms with Crippen LogP contribution in [0.3, 0.4) is 0 Å². The number of fused-ring (bicyclic) bond motifs is 1. The van der Waals surface area contributed by atoms with Crippen molar-refractivity contribution >= 4 is 22.5 Å². The lowest BCUT2D eigenvalue weighted by molar-refractivity contribution is -0.185. The number of anilines is 1. The fourth-order valence-corrected chi connectivity index (χ4v) is 3.48. The van der Waals surface area contributed by atoms with E-state index in [0.717, 1.165) is 34.2 Å². The number of H-pyrrole nitrogens is 1. The Labute approximate surface area is 179 Å². The largest absolute Gasteiger partial charge is 0.416 e. The number of aliphatic hydroxyl groups is 1. The van der Waals surface area contributed by atoms with E-state index in [1.165, 1.54) is 16.8 Å². The fraction of sp³-hybridized carbons (Fsp3) is 0.182. The van der Waals surface area contributed by atoms with E-state index in [9.17, 15) is 23.1 Å². The molecule has 2 aromatic carbocycles. The number of hydrogen-bond donors (Lipinski definition) is 3. The van der Waals surface area contributed by atoms with Crippen molar-refractivity contribution < 1.29 is 27.8 Å². The molecule has 0 bridgehead atoms. The summed E-state index contributed by atoms with van der Waals surface area (Å²) in [4.78, 5) is 15.4. The van der Waals surface area contributed by atoms with Gasteiger partial charge in [0.05, 0.1) is 36.3 Å². The molecule has 1 amide bonds. The molecule has 32 heavy (non-hydrogen) atoms. The molecule has 0 radical (unpaired) electrons. The van der Waals surface area contributed by atoms with Crippen molar-refractivity contribution in [3.63, 3.8) is 0 Å². The maximum atomic E-state index is 12.8. The molecule has 164 valence electrons. The van der Waals surface area contributed by atoms with Gasteiger partial charge in [0.2, 0.25) is 0 Å². The summed E-state index contributed by atoms with van der Waals surface area (Å²) in [6.45, 7) is -0.0921. The Bertz CT molecular complexity index is 1300. The lowest BCUT2D eigenvalue weighted by Gasteiger charge is -2.34. The van der Waals surface area contributed by atoms with Gasteiger partial charge in [0.1, 0.15) is 0 Å². The molecule has 5 rings (SSSR count). The van der Waals surface area contributed by atoms with Gasteiger partial charge in [-0.15, -0.1) is 0 Å². The number of aromatic amines is 1. The van der Waals surface area contributed by atoms with Crippen molar-refractivity contribution in [3.8, 4) is 16.8 Å². The summed E-state index contributed by atoms with van der Waals surface area (Å²) in [5.74, 6) is -0.537. The van der Waals surface area contributed by atoms with Gasteiger partial charge in [0.25, 0.3) is 5.91 Å². The fourth-order valence-electron chi connectivity index (χ4n) is 3.48. The first-order valence-corrected chi connectivity index (χ1v) is 9.68. The van der Waals surface area contributed by atoms with Gasteiger partial charge in [-0.05, 0) is 42.0 Å². The molecular weight excluding hydrogens is 425 g/mol. The molecule has 0 unspecified atom stereocenters. The average molecular weight is 442 g/mol. The number of nitrogens with zero attached hydrogens (tertiary/aromatic N) is 2. The van der Waals surface area contributed by atoms with Crippen LogP contribution in [0.5, 0.6) is 0 Å². The summed E-state index contributed by atoms with van der Waals surface area (Å²) in [6.07, 6.45) is 0.566. The van der Waals surface area contributed by atoms with Crippen molar-refractivity contribution in [2.45, 2.75) is 11.8 Å². The number of hydrogen-bond acceptors (Lipinski definition) is 4. The monoisotopic (exact) mass is 442 g/mol. The molecule has 0 atom stereocenters. The van der Waals surface area contributed by atoms with Crippen LogP contribution in [0, 0.1) is 0 Å². The number of amides is 1. The first-order valence-electron chi connectivity index (χ1n) is 9.68. The number of aromatic nitrogens is 3. The third kappa shape index (κ3) is 3.53. The molecule has 3 heterocycles. The van der Waals surface area contributed by atoms with E-state index in [0.29, 0.717) is 11.4 Å². The predicted octanol–water partition coefficient (Wildman–Crippen LogP) is 3.74. The Morgan fingerprint density at radius 1 is 1.16 bits per heavy atom. The van der Waals surface area contributed by atoms with Crippen molar-refractivity contribution in [1.82, 2.24) is 14.8 Å². The summed E-state index contributed by atoms with van der Waals surface area (Å²) in [5.41, 5.74) is 1.10. The van der Waals surface area contributed by atoms with Crippen LogP contribution < -0.4 is 5.32 Å². The number of alkyl halides is 3. The third-order valence-corrected chi connectivity index (χ3v) is 5.41. The highest BCUT2D eigenvalue weighted by molar-refractivity contribution is 6.05. The van der Waals surface area contributed by atoms with Crippen LogP contribution in [0.15, 0.2) is 61.1 Å². The molecule has 0 aliphatic carbocycles. The third-order valence-electron chi connectivity index (χ3n) is 5.41. The number of carbonyl (C=O) groups is 1. The summed E-state index contributed by atoms with van der Waals surface area (Å²) < 4.78 is 44.7. The van der Waals surface area contributed by atoms with Crippen molar-refractivity contribution in [2.75, 3.05) is 18.5 Å². The molecule has 10 heteroatoms. The number of halogens is 3. The molecule has 0 saturated carbocycles. The minimum absolute atomic E-state index is 0.0461. The molecular formula is C22H17F3N4O3. The highest BCUT2D eigenvalue weighted by Crippen LogP contribution is 2.32. The maximum Gasteiger partial charge on any atom is 0.416 e. The molecule has 0 spiro atoms. The second-order valence-corrected chi connectivity index (χ2v) is 7.66. The van der Waals surface area contributed by atoms with Crippen LogP contribution in [0.4, 0.5) is 18.9 Å². The molecule has 7 nitrogen and oxygen atoms in total. The number of carbonyl (C=O) groups excluding carboxylic acids is 1. The maximum absolute atomic E-state index is 12.8. The van der Waals surface area contributed by atoms with Crippen molar-refractivity contribution in [1.29, 1.82) is 0 Å². The second kappa shape index (κ2) is 7.21. The van der Waals surface area contributed by atoms with E-state index in [2.05, 4.69) is 15.4 Å². The van der Waals surface area contributed by atoms with Gasteiger partial charge in [0.15, 0.2) is 5.60 Å². The number of rotatable bonds is 4. The van der Waals surface area contributed by atoms with Gasteiger partial charge in [-0.25, -0.2) is 4.68 Å². The smallest absolute Gasteiger partial charge is 0.376 e. The highest BCUT2D eigenvalue weighted by atomic mass is 19.4. The zero-order valence-electron chi connectivity index (χ0n) is 16.5. The van der Waals surface area contributed by atoms with E-state index in [4.69, 9.17) is 4.74 Å². The Morgan fingerprint density at radius 2 is 1.91 bits per heavy atom. The summed E-state index contributed by atoms with van der Waals surface area (Å²) in [5, 5.41) is 17.8. The predicted molar refractivity (Wildman–Crippen MR) is 110 cm³/mol. The van der Waals surface area contributed by atoms with Gasteiger partial charge in [0, 0.05) is 28.9 Å². The Morgan fingerprint density at radius 3 is 2.56 bits per heavy atom. The topological polar surface area (TPSA) is 92.2 Å². The van der Waals surface area contributed by atoms with Gasteiger partial charge < -0.3 is 20.1 Å². The van der Waals surface area contributed by atoms with E-state index in [-0.39, 0.29) is 13.2 Å². The Kier molecular flexibility index (Phi) is 4.57. The zero-order valence-corrected chi connectivity index (χ0v) is 16.5. The first kappa shape index (κ1) is 20.3. The van der Waals surface area contributed by atoms with E-state index < -0.39 is 23.2 Å². The molecule has 1 aliphatic rings. The standard InChI is InChI=1S/C22H17F3N4O3/c23-22(24,25)15-2-4-16(5-3-15)29-10-14(8-27-29)13-1-6-18-17(7-13)19(9-26-18)28-20(30)21(31)11-32-12-21/h1-10,26,31H,11-12H2,(H,28,30). The minimum Gasteiger partial charge on any atom is -0.376 e. The van der Waals surface area contributed by atoms with Crippen LogP contribution in [-0.2, 0) is 15.7 Å². The van der Waals surface area contributed by atoms with Gasteiger partial charge >= 0.3 is 6.18 Å². The van der Waals surface area contributed by atoms with E-state index >= 15 is 0 Å². The molecule has 4 aromatic rings. The SMILES string of the molecule is O=C(Nc1c[nH]c2ccc(-c3cnn(-c4ccc(C(F)(F)F)cc4)c3)cc12)C1(O)COC1. The van der Waals surface area contributed by atoms with Gasteiger partial charge in [-0.3, -0.25) is 4.79 Å². The Hall–Kier alpha value is -3.63. The molecule has 3 N–H and O–H groups in total. The van der Waals surface area contributed by atoms with Crippen LogP contribution in [0.2, 0.25) is 0 Å². The molecule has 1 fully saturated rings. The lowest BCUT2D eigenvalue weighted by Crippen LogP contribution is -2.58. The van der Waals surface area contributed by atoms with Crippen molar-refractivity contribution in [3.05, 3.63) is 66.6 Å². The molecule has 1 aliphatic heterocycles. The number of ether oxygens (including phenoxy) is 1. The van der Waals surface area contributed by atoms with E-state index in [1.807, 2.05) is 18.2 Å². The number of benzene rings is 2. The van der Waals surface area contributed by atoms with Crippen LogP contribution in [0.1, 0.15) is 5.56 Å². The quantitative estimate of drug-likeness (QED) is 0.449. The summed E-state index contributed by atoms with van der Waals surface area (Å²) in [6, 6.07) is 10.3. The summed E-state index contributed by atoms with van der Waals surface area (Å²) in [7, 11) is 0. The average Bonchev–Trinajstić information content (AvgIpc) is 3.39. The normalized spacial score (nSPS) is 15.5. The van der Waals surface area contributed by atoms with Crippen LogP contribution in [-0.4, -0.2) is 44.6 Å². The zero-order chi connectivity index (χ0) is 22.5. The first-order chi connectivity index (χ1) is 15.2. The van der Waals surface area contributed by atoms with Gasteiger partial charge in [-0.1, -0.05) is 6.07 Å². The van der Waals surface area contributed by atoms with Crippen LogP contribution >= 0.6 is 0 Å². The van der Waals surface area contributed by atoms with Gasteiger partial charge in [-0.2, -0.15) is 18.3 Å². The van der Waals surface area contributed by atoms with E-state index in [1.54, 1.807) is 18.6 Å². The summed E-state index contributed by atoms with van der Waals surface area (Å²) >= 11 is 0. The lowest BCUT2D eigenvalue weighted by atomic mass is 10.0. The van der Waals surface area contributed by atoms with Crippen molar-refractivity contribution in [2.24, 2.45) is 0 Å². The number of nitrogens with one attached hydrogen (secondary N) is 2. The van der Waals surface area contributed by atoms with Crippen LogP contribution in [0.25, 0.3) is 27.7 Å². The second-order valence-electron chi connectivity index (χ2n) is 7.66. The molecule has 2 aromatic heterocycles. The molecule has 1 saturated heterocycles.